The van der Waals surface area contributed by atoms with Crippen molar-refractivity contribution in [3.63, 3.8) is 0 Å². The van der Waals surface area contributed by atoms with E-state index >= 15 is 0 Å². The van der Waals surface area contributed by atoms with Crippen LogP contribution in [0.3, 0.4) is 0 Å². The molecule has 2 aliphatic rings. The molecule has 2 aliphatic heterocycles. The molecule has 3 atom stereocenters. The molecule has 0 aliphatic carbocycles. The fraction of sp³-hybridized carbons (Fsp3) is 0.526. The van der Waals surface area contributed by atoms with Gasteiger partial charge in [-0.25, -0.2) is 4.79 Å². The number of aryl methyl sites for hydroxylation is 1. The van der Waals surface area contributed by atoms with Crippen molar-refractivity contribution < 1.29 is 19.1 Å². The molecule has 1 aromatic rings. The molecule has 2 fully saturated rings. The summed E-state index contributed by atoms with van der Waals surface area (Å²) >= 11 is 0. The Balaban J connectivity index is 1.56. The molecule has 3 rings (SSSR count). The second-order valence-corrected chi connectivity index (χ2v) is 7.01. The van der Waals surface area contributed by atoms with Crippen LogP contribution in [-0.4, -0.2) is 65.5 Å². The van der Waals surface area contributed by atoms with E-state index in [9.17, 15) is 14.4 Å². The minimum atomic E-state index is -0.571. The summed E-state index contributed by atoms with van der Waals surface area (Å²) < 4.78 is 5.62. The number of hydrogen-bond donors (Lipinski definition) is 1. The predicted molar refractivity (Wildman–Crippen MR) is 95.4 cm³/mol. The van der Waals surface area contributed by atoms with E-state index in [2.05, 4.69) is 5.32 Å². The molecule has 0 saturated carbocycles. The van der Waals surface area contributed by atoms with Crippen molar-refractivity contribution in [3.05, 3.63) is 35.9 Å². The lowest BCUT2D eigenvalue weighted by Gasteiger charge is -2.35. The third-order valence-corrected chi connectivity index (χ3v) is 4.74. The summed E-state index contributed by atoms with van der Waals surface area (Å²) in [5.41, 5.74) is 1.11. The first kappa shape index (κ1) is 18.4. The molecule has 26 heavy (non-hydrogen) atoms. The summed E-state index contributed by atoms with van der Waals surface area (Å²) in [6.07, 6.45) is 1.11. The zero-order valence-corrected chi connectivity index (χ0v) is 15.2. The number of urea groups is 1. The molecule has 7 nitrogen and oxygen atoms in total. The molecular formula is C19H25N3O4. The Morgan fingerprint density at radius 2 is 1.81 bits per heavy atom. The van der Waals surface area contributed by atoms with E-state index in [1.807, 2.05) is 44.2 Å². The van der Waals surface area contributed by atoms with Crippen LogP contribution >= 0.6 is 0 Å². The lowest BCUT2D eigenvalue weighted by molar-refractivity contribution is -0.146. The number of carbonyl (C=O) groups is 3. The van der Waals surface area contributed by atoms with Gasteiger partial charge >= 0.3 is 6.03 Å². The van der Waals surface area contributed by atoms with E-state index in [0.29, 0.717) is 25.9 Å². The molecule has 2 heterocycles. The Hall–Kier alpha value is -2.41. The second-order valence-electron chi connectivity index (χ2n) is 7.01. The van der Waals surface area contributed by atoms with Gasteiger partial charge in [0.1, 0.15) is 12.6 Å². The lowest BCUT2D eigenvalue weighted by atomic mass is 10.1. The van der Waals surface area contributed by atoms with Crippen LogP contribution in [0.25, 0.3) is 0 Å². The molecule has 0 spiro atoms. The third kappa shape index (κ3) is 4.22. The zero-order valence-electron chi connectivity index (χ0n) is 15.2. The van der Waals surface area contributed by atoms with Gasteiger partial charge in [-0.2, -0.15) is 0 Å². The van der Waals surface area contributed by atoms with Gasteiger partial charge in [0.05, 0.1) is 12.2 Å². The average Bonchev–Trinajstić information content (AvgIpc) is 2.87. The molecule has 0 aromatic heterocycles. The minimum Gasteiger partial charge on any atom is -0.372 e. The highest BCUT2D eigenvalue weighted by Crippen LogP contribution is 2.15. The highest BCUT2D eigenvalue weighted by molar-refractivity contribution is 6.06. The lowest BCUT2D eigenvalue weighted by Crippen LogP contribution is -2.51. The van der Waals surface area contributed by atoms with Gasteiger partial charge in [-0.3, -0.25) is 14.5 Å². The molecule has 7 heteroatoms. The highest BCUT2D eigenvalue weighted by atomic mass is 16.5. The van der Waals surface area contributed by atoms with Gasteiger partial charge in [0.15, 0.2) is 0 Å². The van der Waals surface area contributed by atoms with Crippen LogP contribution in [0.15, 0.2) is 30.3 Å². The van der Waals surface area contributed by atoms with E-state index in [4.69, 9.17) is 4.74 Å². The Morgan fingerprint density at radius 1 is 1.15 bits per heavy atom. The number of rotatable bonds is 5. The van der Waals surface area contributed by atoms with Crippen LogP contribution in [0, 0.1) is 0 Å². The first-order valence-corrected chi connectivity index (χ1v) is 9.03. The quantitative estimate of drug-likeness (QED) is 0.801. The van der Waals surface area contributed by atoms with Gasteiger partial charge in [-0.05, 0) is 32.3 Å². The maximum atomic E-state index is 12.5. The van der Waals surface area contributed by atoms with Crippen LogP contribution in [0.2, 0.25) is 0 Å². The van der Waals surface area contributed by atoms with Crippen molar-refractivity contribution in [2.45, 2.75) is 44.9 Å². The standard InChI is InChI=1S/C19H25N3O4/c1-13-10-21(11-14(2)26-13)17(23)12-22-18(24)16(20-19(22)25)9-8-15-6-4-3-5-7-15/h3-7,13-14,16H,8-12H2,1-2H3,(H,20,25)/t13-,14+,16-/m1/s1. The highest BCUT2D eigenvalue weighted by Gasteiger charge is 2.39. The summed E-state index contributed by atoms with van der Waals surface area (Å²) in [5, 5.41) is 2.69. The Morgan fingerprint density at radius 3 is 2.46 bits per heavy atom. The Bertz CT molecular complexity index is 669. The predicted octanol–water partition coefficient (Wildman–Crippen LogP) is 1.18. The Kier molecular flexibility index (Phi) is 5.56. The van der Waals surface area contributed by atoms with Crippen molar-refractivity contribution >= 4 is 17.8 Å². The molecule has 2 saturated heterocycles. The van der Waals surface area contributed by atoms with Crippen LogP contribution in [0.4, 0.5) is 4.79 Å². The fourth-order valence-corrected chi connectivity index (χ4v) is 3.49. The van der Waals surface area contributed by atoms with Crippen LogP contribution in [0.5, 0.6) is 0 Å². The van der Waals surface area contributed by atoms with Crippen LogP contribution < -0.4 is 5.32 Å². The van der Waals surface area contributed by atoms with Crippen LogP contribution in [0.1, 0.15) is 25.8 Å². The number of amides is 4. The summed E-state index contributed by atoms with van der Waals surface area (Å²) in [6, 6.07) is 8.74. The molecule has 0 bridgehead atoms. The molecule has 0 radical (unpaired) electrons. The molecule has 4 amide bonds. The zero-order chi connectivity index (χ0) is 18.7. The maximum Gasteiger partial charge on any atom is 0.325 e. The van der Waals surface area contributed by atoms with E-state index in [-0.39, 0.29) is 30.6 Å². The second kappa shape index (κ2) is 7.86. The minimum absolute atomic E-state index is 0.0515. The van der Waals surface area contributed by atoms with Crippen molar-refractivity contribution in [1.29, 1.82) is 0 Å². The number of ether oxygens (including phenoxy) is 1. The first-order chi connectivity index (χ1) is 12.4. The maximum absolute atomic E-state index is 12.5. The number of carbonyl (C=O) groups excluding carboxylic acids is 3. The number of nitrogens with one attached hydrogen (secondary N) is 1. The largest absolute Gasteiger partial charge is 0.372 e. The summed E-state index contributed by atoms with van der Waals surface area (Å²) in [5.74, 6) is -0.548. The summed E-state index contributed by atoms with van der Waals surface area (Å²) in [7, 11) is 0. The smallest absolute Gasteiger partial charge is 0.325 e. The van der Waals surface area contributed by atoms with Gasteiger partial charge in [0, 0.05) is 13.1 Å². The van der Waals surface area contributed by atoms with E-state index < -0.39 is 12.1 Å². The molecule has 1 aromatic carbocycles. The fourth-order valence-electron chi connectivity index (χ4n) is 3.49. The summed E-state index contributed by atoms with van der Waals surface area (Å²) in [4.78, 5) is 39.9. The number of morpholine rings is 1. The van der Waals surface area contributed by atoms with E-state index in [1.165, 1.54) is 0 Å². The van der Waals surface area contributed by atoms with Crippen LogP contribution in [-0.2, 0) is 20.7 Å². The average molecular weight is 359 g/mol. The Labute approximate surface area is 153 Å². The topological polar surface area (TPSA) is 79.0 Å². The number of hydrogen-bond acceptors (Lipinski definition) is 4. The number of benzene rings is 1. The van der Waals surface area contributed by atoms with Gasteiger partial charge in [-0.1, -0.05) is 30.3 Å². The normalized spacial score (nSPS) is 26.2. The third-order valence-electron chi connectivity index (χ3n) is 4.74. The van der Waals surface area contributed by atoms with Gasteiger partial charge in [0.25, 0.3) is 5.91 Å². The summed E-state index contributed by atoms with van der Waals surface area (Å²) in [6.45, 7) is 4.55. The van der Waals surface area contributed by atoms with Gasteiger partial charge in [0.2, 0.25) is 5.91 Å². The first-order valence-electron chi connectivity index (χ1n) is 9.03. The van der Waals surface area contributed by atoms with E-state index in [1.54, 1.807) is 4.90 Å². The molecule has 140 valence electrons. The monoisotopic (exact) mass is 359 g/mol. The number of imide groups is 1. The van der Waals surface area contributed by atoms with Crippen molar-refractivity contribution in [2.24, 2.45) is 0 Å². The van der Waals surface area contributed by atoms with Crippen molar-refractivity contribution in [2.75, 3.05) is 19.6 Å². The SMILES string of the molecule is C[C@@H]1CN(C(=O)CN2C(=O)N[C@H](CCc3ccccc3)C2=O)C[C@H](C)O1. The van der Waals surface area contributed by atoms with Gasteiger partial charge in [-0.15, -0.1) is 0 Å². The van der Waals surface area contributed by atoms with E-state index in [0.717, 1.165) is 10.5 Å². The van der Waals surface area contributed by atoms with Crippen molar-refractivity contribution in [3.8, 4) is 0 Å². The van der Waals surface area contributed by atoms with Crippen molar-refractivity contribution in [1.82, 2.24) is 15.1 Å². The molecule has 0 unspecified atom stereocenters. The number of nitrogens with zero attached hydrogens (tertiary/aromatic N) is 2. The van der Waals surface area contributed by atoms with Gasteiger partial charge < -0.3 is 15.0 Å². The molecule has 1 N–H and O–H groups in total. The molecular weight excluding hydrogens is 334 g/mol.